The summed E-state index contributed by atoms with van der Waals surface area (Å²) < 4.78 is 5.81. The minimum atomic E-state index is 0.405. The number of morpholine rings is 1. The molecule has 3 unspecified atom stereocenters. The van der Waals surface area contributed by atoms with Gasteiger partial charge in [0.05, 0.1) is 12.2 Å². The Morgan fingerprint density at radius 3 is 2.60 bits per heavy atom. The molecule has 2 aliphatic rings. The lowest BCUT2D eigenvalue weighted by atomic mass is 10.1. The minimum Gasteiger partial charge on any atom is -0.372 e. The first-order valence-electron chi connectivity index (χ1n) is 6.41. The Kier molecular flexibility index (Phi) is 4.00. The molecule has 0 aliphatic carbocycles. The van der Waals surface area contributed by atoms with Crippen LogP contribution in [0.15, 0.2) is 0 Å². The number of fused-ring (bicyclic) bond motifs is 2. The quantitative estimate of drug-likeness (QED) is 0.748. The fraction of sp³-hybridized carbons (Fsp3) is 1.00. The summed E-state index contributed by atoms with van der Waals surface area (Å²) in [5.74, 6) is 0. The highest BCUT2D eigenvalue weighted by atomic mass is 16.5. The summed E-state index contributed by atoms with van der Waals surface area (Å²) in [7, 11) is 0. The number of likely N-dealkylation sites (tertiary alicyclic amines) is 1. The van der Waals surface area contributed by atoms with Crippen molar-refractivity contribution in [3.63, 3.8) is 0 Å². The molecule has 2 N–H and O–H groups in total. The van der Waals surface area contributed by atoms with Crippen LogP contribution < -0.4 is 5.73 Å². The van der Waals surface area contributed by atoms with Crippen LogP contribution in [0.25, 0.3) is 0 Å². The zero-order chi connectivity index (χ0) is 10.7. The van der Waals surface area contributed by atoms with Crippen LogP contribution in [-0.2, 0) is 4.74 Å². The third-order valence-electron chi connectivity index (χ3n) is 3.69. The number of rotatable bonds is 5. The molecule has 0 spiro atoms. The van der Waals surface area contributed by atoms with Crippen LogP contribution in [0.2, 0.25) is 0 Å². The second kappa shape index (κ2) is 5.28. The standard InChI is InChI=1S/C12H24N2O/c1-2-10(13)4-3-7-14-8-11-5-6-12(9-14)15-11/h10-12H,2-9,13H2,1H3. The highest BCUT2D eigenvalue weighted by Crippen LogP contribution is 2.26. The molecule has 3 atom stereocenters. The van der Waals surface area contributed by atoms with Crippen molar-refractivity contribution in [3.8, 4) is 0 Å². The van der Waals surface area contributed by atoms with E-state index in [4.69, 9.17) is 10.5 Å². The Hall–Kier alpha value is -0.120. The first kappa shape index (κ1) is 11.4. The smallest absolute Gasteiger partial charge is 0.0707 e. The van der Waals surface area contributed by atoms with Gasteiger partial charge in [-0.2, -0.15) is 0 Å². The van der Waals surface area contributed by atoms with E-state index in [1.54, 1.807) is 0 Å². The third-order valence-corrected chi connectivity index (χ3v) is 3.69. The SMILES string of the molecule is CCC(N)CCCN1CC2CCC(C1)O2. The van der Waals surface area contributed by atoms with E-state index in [1.165, 1.54) is 32.2 Å². The lowest BCUT2D eigenvalue weighted by molar-refractivity contribution is -0.0386. The van der Waals surface area contributed by atoms with Crippen LogP contribution in [0, 0.1) is 0 Å². The predicted octanol–water partition coefficient (Wildman–Crippen LogP) is 1.37. The Labute approximate surface area is 93.0 Å². The Bertz CT molecular complexity index is 186. The van der Waals surface area contributed by atoms with Crippen molar-refractivity contribution in [2.45, 2.75) is 57.3 Å². The molecule has 15 heavy (non-hydrogen) atoms. The van der Waals surface area contributed by atoms with Gasteiger partial charge in [0, 0.05) is 19.1 Å². The summed E-state index contributed by atoms with van der Waals surface area (Å²) in [6.07, 6.45) is 7.13. The molecule has 2 saturated heterocycles. The fourth-order valence-corrected chi connectivity index (χ4v) is 2.66. The van der Waals surface area contributed by atoms with Gasteiger partial charge in [-0.25, -0.2) is 0 Å². The summed E-state index contributed by atoms with van der Waals surface area (Å²) in [6, 6.07) is 0.405. The van der Waals surface area contributed by atoms with Crippen LogP contribution in [0.1, 0.15) is 39.0 Å². The molecule has 0 amide bonds. The zero-order valence-electron chi connectivity index (χ0n) is 9.82. The van der Waals surface area contributed by atoms with E-state index in [1.807, 2.05) is 0 Å². The molecule has 2 bridgehead atoms. The summed E-state index contributed by atoms with van der Waals surface area (Å²) in [6.45, 7) is 5.68. The molecule has 0 aromatic rings. The Morgan fingerprint density at radius 1 is 1.33 bits per heavy atom. The molecule has 0 radical (unpaired) electrons. The van der Waals surface area contributed by atoms with Crippen molar-refractivity contribution in [3.05, 3.63) is 0 Å². The topological polar surface area (TPSA) is 38.5 Å². The van der Waals surface area contributed by atoms with Crippen LogP contribution >= 0.6 is 0 Å². The van der Waals surface area contributed by atoms with Crippen LogP contribution in [0.5, 0.6) is 0 Å². The van der Waals surface area contributed by atoms with Gasteiger partial charge in [0.15, 0.2) is 0 Å². The van der Waals surface area contributed by atoms with Gasteiger partial charge in [-0.1, -0.05) is 6.92 Å². The van der Waals surface area contributed by atoms with Crippen molar-refractivity contribution in [2.75, 3.05) is 19.6 Å². The molecule has 88 valence electrons. The maximum atomic E-state index is 5.91. The Morgan fingerprint density at radius 2 is 2.00 bits per heavy atom. The third kappa shape index (κ3) is 3.16. The number of hydrogen-bond donors (Lipinski definition) is 1. The minimum absolute atomic E-state index is 0.405. The molecule has 2 rings (SSSR count). The summed E-state index contributed by atoms with van der Waals surface area (Å²) in [5.41, 5.74) is 5.91. The predicted molar refractivity (Wildman–Crippen MR) is 61.8 cm³/mol. The van der Waals surface area contributed by atoms with E-state index in [0.717, 1.165) is 19.5 Å². The maximum absolute atomic E-state index is 5.91. The highest BCUT2D eigenvalue weighted by Gasteiger charge is 2.33. The fourth-order valence-electron chi connectivity index (χ4n) is 2.66. The van der Waals surface area contributed by atoms with Gasteiger partial charge in [0.2, 0.25) is 0 Å². The molecular formula is C12H24N2O. The van der Waals surface area contributed by atoms with Gasteiger partial charge in [0.1, 0.15) is 0 Å². The zero-order valence-corrected chi connectivity index (χ0v) is 9.82. The van der Waals surface area contributed by atoms with Gasteiger partial charge < -0.3 is 10.5 Å². The monoisotopic (exact) mass is 212 g/mol. The van der Waals surface area contributed by atoms with Crippen LogP contribution in [0.4, 0.5) is 0 Å². The van der Waals surface area contributed by atoms with E-state index in [-0.39, 0.29) is 0 Å². The largest absolute Gasteiger partial charge is 0.372 e. The molecule has 0 saturated carbocycles. The summed E-state index contributed by atoms with van der Waals surface area (Å²) in [4.78, 5) is 2.56. The average molecular weight is 212 g/mol. The summed E-state index contributed by atoms with van der Waals surface area (Å²) in [5, 5.41) is 0. The van der Waals surface area contributed by atoms with E-state index in [9.17, 15) is 0 Å². The lowest BCUT2D eigenvalue weighted by Crippen LogP contribution is -2.43. The molecule has 2 fully saturated rings. The highest BCUT2D eigenvalue weighted by molar-refractivity contribution is 4.84. The summed E-state index contributed by atoms with van der Waals surface area (Å²) >= 11 is 0. The first-order valence-corrected chi connectivity index (χ1v) is 6.41. The number of ether oxygens (including phenoxy) is 1. The van der Waals surface area contributed by atoms with Crippen molar-refractivity contribution in [2.24, 2.45) is 5.73 Å². The van der Waals surface area contributed by atoms with Gasteiger partial charge in [-0.15, -0.1) is 0 Å². The lowest BCUT2D eigenvalue weighted by Gasteiger charge is -2.32. The number of nitrogens with zero attached hydrogens (tertiary/aromatic N) is 1. The van der Waals surface area contributed by atoms with E-state index >= 15 is 0 Å². The average Bonchev–Trinajstić information content (AvgIpc) is 2.58. The molecule has 0 aromatic carbocycles. The van der Waals surface area contributed by atoms with Gasteiger partial charge in [-0.3, -0.25) is 4.90 Å². The molecular weight excluding hydrogens is 188 g/mol. The molecule has 3 heteroatoms. The maximum Gasteiger partial charge on any atom is 0.0707 e. The van der Waals surface area contributed by atoms with Gasteiger partial charge in [0.25, 0.3) is 0 Å². The van der Waals surface area contributed by atoms with Crippen molar-refractivity contribution >= 4 is 0 Å². The first-order chi connectivity index (χ1) is 7.28. The Balaban J connectivity index is 1.63. The van der Waals surface area contributed by atoms with E-state index < -0.39 is 0 Å². The van der Waals surface area contributed by atoms with E-state index in [0.29, 0.717) is 18.2 Å². The number of nitrogens with two attached hydrogens (primary N) is 1. The van der Waals surface area contributed by atoms with Gasteiger partial charge in [-0.05, 0) is 38.6 Å². The second-order valence-electron chi connectivity index (χ2n) is 5.03. The van der Waals surface area contributed by atoms with Crippen molar-refractivity contribution < 1.29 is 4.74 Å². The van der Waals surface area contributed by atoms with Crippen LogP contribution in [0.3, 0.4) is 0 Å². The molecule has 2 heterocycles. The van der Waals surface area contributed by atoms with Gasteiger partial charge >= 0.3 is 0 Å². The van der Waals surface area contributed by atoms with E-state index in [2.05, 4.69) is 11.8 Å². The van der Waals surface area contributed by atoms with Crippen molar-refractivity contribution in [1.29, 1.82) is 0 Å². The normalized spacial score (nSPS) is 33.2. The molecule has 2 aliphatic heterocycles. The second-order valence-corrected chi connectivity index (χ2v) is 5.03. The molecule has 3 nitrogen and oxygen atoms in total. The molecule has 0 aromatic heterocycles. The van der Waals surface area contributed by atoms with Crippen LogP contribution in [-0.4, -0.2) is 42.8 Å². The number of hydrogen-bond acceptors (Lipinski definition) is 3. The van der Waals surface area contributed by atoms with Crippen molar-refractivity contribution in [1.82, 2.24) is 4.90 Å².